The number of fused-ring (bicyclic) bond motifs is 1. The second-order valence-electron chi connectivity index (χ2n) is 6.08. The zero-order valence-electron chi connectivity index (χ0n) is 13.7. The molecule has 0 aliphatic heterocycles. The van der Waals surface area contributed by atoms with Crippen LogP contribution < -0.4 is 4.74 Å². The lowest BCUT2D eigenvalue weighted by Gasteiger charge is -2.34. The van der Waals surface area contributed by atoms with Crippen LogP contribution in [-0.4, -0.2) is 43.2 Å². The summed E-state index contributed by atoms with van der Waals surface area (Å²) in [5.41, 5.74) is 1.50. The Bertz CT molecular complexity index is 940. The van der Waals surface area contributed by atoms with Crippen LogP contribution in [0.2, 0.25) is 0 Å². The highest BCUT2D eigenvalue weighted by Gasteiger charge is 2.47. The Morgan fingerprint density at radius 3 is 2.63 bits per heavy atom. The molecule has 27 heavy (non-hydrogen) atoms. The Labute approximate surface area is 150 Å². The quantitative estimate of drug-likeness (QED) is 0.609. The highest BCUT2D eigenvalue weighted by Crippen LogP contribution is 2.39. The molecule has 3 heterocycles. The first-order valence-electron chi connectivity index (χ1n) is 8.00. The molecule has 0 saturated heterocycles. The van der Waals surface area contributed by atoms with E-state index in [0.717, 1.165) is 0 Å². The molecular formula is C16H13F4N5O2. The fourth-order valence-corrected chi connectivity index (χ4v) is 2.70. The van der Waals surface area contributed by atoms with Gasteiger partial charge in [0.25, 0.3) is 5.92 Å². The molecule has 11 heteroatoms. The van der Waals surface area contributed by atoms with Gasteiger partial charge in [-0.1, -0.05) is 0 Å². The number of hydrogen-bond donors (Lipinski definition) is 0. The van der Waals surface area contributed by atoms with Crippen molar-refractivity contribution in [1.82, 2.24) is 24.6 Å². The molecule has 0 unspecified atom stereocenters. The Morgan fingerprint density at radius 1 is 1.15 bits per heavy atom. The number of ether oxygens (including phenoxy) is 2. The molecular weight excluding hydrogens is 370 g/mol. The highest BCUT2D eigenvalue weighted by atomic mass is 19.3. The predicted molar refractivity (Wildman–Crippen MR) is 83.4 cm³/mol. The van der Waals surface area contributed by atoms with Crippen molar-refractivity contribution in [3.05, 3.63) is 36.5 Å². The van der Waals surface area contributed by atoms with E-state index in [9.17, 15) is 17.6 Å². The lowest BCUT2D eigenvalue weighted by molar-refractivity contribution is -0.139. The van der Waals surface area contributed by atoms with Crippen molar-refractivity contribution in [3.8, 4) is 17.1 Å². The van der Waals surface area contributed by atoms with Crippen molar-refractivity contribution in [2.24, 2.45) is 0 Å². The lowest BCUT2D eigenvalue weighted by Crippen LogP contribution is -2.43. The van der Waals surface area contributed by atoms with E-state index in [1.807, 2.05) is 0 Å². The van der Waals surface area contributed by atoms with Crippen molar-refractivity contribution in [2.75, 3.05) is 0 Å². The molecule has 1 aliphatic rings. The average molecular weight is 383 g/mol. The third-order valence-corrected chi connectivity index (χ3v) is 4.07. The van der Waals surface area contributed by atoms with E-state index >= 15 is 0 Å². The molecule has 142 valence electrons. The van der Waals surface area contributed by atoms with Crippen molar-refractivity contribution in [2.45, 2.75) is 38.1 Å². The molecule has 0 spiro atoms. The number of rotatable bonds is 6. The Balaban J connectivity index is 1.50. The van der Waals surface area contributed by atoms with Crippen LogP contribution in [0.3, 0.4) is 0 Å². The van der Waals surface area contributed by atoms with Gasteiger partial charge in [0.1, 0.15) is 12.7 Å². The molecule has 0 atom stereocenters. The first-order chi connectivity index (χ1) is 12.9. The smallest absolute Gasteiger partial charge is 0.345 e. The van der Waals surface area contributed by atoms with E-state index in [2.05, 4.69) is 24.9 Å². The third kappa shape index (κ3) is 3.82. The fourth-order valence-electron chi connectivity index (χ4n) is 2.70. The maximum atomic E-state index is 12.8. The maximum Gasteiger partial charge on any atom is 0.345 e. The second-order valence-corrected chi connectivity index (χ2v) is 6.08. The van der Waals surface area contributed by atoms with Gasteiger partial charge in [0.2, 0.25) is 5.88 Å². The highest BCUT2D eigenvalue weighted by molar-refractivity contribution is 5.58. The molecule has 0 amide bonds. The van der Waals surface area contributed by atoms with Crippen molar-refractivity contribution >= 4 is 5.65 Å². The zero-order chi connectivity index (χ0) is 19.0. The summed E-state index contributed by atoms with van der Waals surface area (Å²) >= 11 is 0. The fraction of sp³-hybridized carbons (Fsp3) is 0.375. The van der Waals surface area contributed by atoms with Crippen molar-refractivity contribution in [3.63, 3.8) is 0 Å². The molecule has 0 aromatic carbocycles. The van der Waals surface area contributed by atoms with Crippen molar-refractivity contribution < 1.29 is 27.0 Å². The zero-order valence-corrected chi connectivity index (χ0v) is 13.7. The van der Waals surface area contributed by atoms with Gasteiger partial charge in [-0.15, -0.1) is 10.2 Å². The molecule has 1 aliphatic carbocycles. The van der Waals surface area contributed by atoms with Crippen LogP contribution in [0.4, 0.5) is 17.6 Å². The van der Waals surface area contributed by atoms with Gasteiger partial charge < -0.3 is 9.47 Å². The van der Waals surface area contributed by atoms with E-state index in [1.165, 1.54) is 16.8 Å². The van der Waals surface area contributed by atoms with Crippen LogP contribution in [0.5, 0.6) is 5.88 Å². The van der Waals surface area contributed by atoms with E-state index < -0.39 is 25.2 Å². The number of alkyl halides is 4. The van der Waals surface area contributed by atoms with Gasteiger partial charge in [-0.05, 0) is 6.07 Å². The molecule has 3 aromatic heterocycles. The van der Waals surface area contributed by atoms with Gasteiger partial charge in [0, 0.05) is 36.9 Å². The topological polar surface area (TPSA) is 74.4 Å². The largest absolute Gasteiger partial charge is 0.474 e. The second kappa shape index (κ2) is 6.72. The minimum absolute atomic E-state index is 0.202. The van der Waals surface area contributed by atoms with E-state index in [0.29, 0.717) is 16.9 Å². The molecule has 7 nitrogen and oxygen atoms in total. The summed E-state index contributed by atoms with van der Waals surface area (Å²) in [6.45, 7) is -3.31. The monoisotopic (exact) mass is 383 g/mol. The molecule has 1 saturated carbocycles. The van der Waals surface area contributed by atoms with Crippen LogP contribution in [-0.2, 0) is 11.3 Å². The summed E-state index contributed by atoms with van der Waals surface area (Å²) in [7, 11) is 0. The SMILES string of the molecule is FC(F)OCc1nnc2cnc(-c3ccc(OC4CC(F)(F)C4)nc3)cn12. The Morgan fingerprint density at radius 2 is 1.96 bits per heavy atom. The standard InChI is InChI=1S/C16H13F4N5O2/c17-15(18)26-8-13-24-23-12-6-21-11(7-25(12)13)9-1-2-14(22-5-9)27-10-3-16(19,20)4-10/h1-2,5-7,10,15H,3-4,8H2. The van der Waals surface area contributed by atoms with Crippen LogP contribution in [0.15, 0.2) is 30.7 Å². The number of pyridine rings is 1. The molecule has 1 fully saturated rings. The third-order valence-electron chi connectivity index (χ3n) is 4.07. The van der Waals surface area contributed by atoms with Gasteiger partial charge in [-0.25, -0.2) is 13.8 Å². The first kappa shape index (κ1) is 17.6. The van der Waals surface area contributed by atoms with Crippen LogP contribution in [0.25, 0.3) is 16.9 Å². The van der Waals surface area contributed by atoms with Crippen LogP contribution in [0, 0.1) is 0 Å². The first-order valence-corrected chi connectivity index (χ1v) is 8.00. The summed E-state index contributed by atoms with van der Waals surface area (Å²) < 4.78 is 61.3. The van der Waals surface area contributed by atoms with Gasteiger partial charge in [-0.2, -0.15) is 8.78 Å². The molecule has 3 aromatic rings. The lowest BCUT2D eigenvalue weighted by atomic mass is 9.91. The number of halogens is 4. The van der Waals surface area contributed by atoms with Gasteiger partial charge in [0.15, 0.2) is 11.5 Å². The van der Waals surface area contributed by atoms with Gasteiger partial charge in [0.05, 0.1) is 11.9 Å². The summed E-state index contributed by atoms with van der Waals surface area (Å²) in [4.78, 5) is 8.33. The number of hydrogen-bond acceptors (Lipinski definition) is 6. The Kier molecular flexibility index (Phi) is 4.38. The Hall–Kier alpha value is -2.82. The predicted octanol–water partition coefficient (Wildman–Crippen LogP) is 3.10. The summed E-state index contributed by atoms with van der Waals surface area (Å²) in [5, 5.41) is 7.63. The van der Waals surface area contributed by atoms with Crippen molar-refractivity contribution in [1.29, 1.82) is 0 Å². The van der Waals surface area contributed by atoms with E-state index in [1.54, 1.807) is 18.3 Å². The molecule has 0 radical (unpaired) electrons. The van der Waals surface area contributed by atoms with Crippen LogP contribution >= 0.6 is 0 Å². The summed E-state index contributed by atoms with van der Waals surface area (Å²) in [6.07, 6.45) is 3.33. The van der Waals surface area contributed by atoms with Crippen LogP contribution in [0.1, 0.15) is 18.7 Å². The molecule has 0 bridgehead atoms. The summed E-state index contributed by atoms with van der Waals surface area (Å²) in [6, 6.07) is 3.23. The normalized spacial score (nSPS) is 16.6. The van der Waals surface area contributed by atoms with E-state index in [4.69, 9.17) is 4.74 Å². The average Bonchev–Trinajstić information content (AvgIpc) is 3.01. The van der Waals surface area contributed by atoms with Gasteiger partial charge >= 0.3 is 6.61 Å². The minimum Gasteiger partial charge on any atom is -0.474 e. The molecule has 4 rings (SSSR count). The van der Waals surface area contributed by atoms with E-state index in [-0.39, 0.29) is 24.5 Å². The number of aromatic nitrogens is 5. The van der Waals surface area contributed by atoms with Gasteiger partial charge in [-0.3, -0.25) is 9.38 Å². The number of nitrogens with zero attached hydrogens (tertiary/aromatic N) is 5. The maximum absolute atomic E-state index is 12.8. The molecule has 0 N–H and O–H groups in total. The minimum atomic E-state index is -2.91. The summed E-state index contributed by atoms with van der Waals surface area (Å²) in [5.74, 6) is -2.21.